The lowest BCUT2D eigenvalue weighted by molar-refractivity contribution is -0.134. The van der Waals surface area contributed by atoms with Crippen molar-refractivity contribution in [1.29, 1.82) is 0 Å². The minimum Gasteiger partial charge on any atom is -0.361 e. The average Bonchev–Trinajstić information content (AvgIpc) is 3.28. The Morgan fingerprint density at radius 3 is 1.93 bits per heavy atom. The van der Waals surface area contributed by atoms with E-state index in [1.807, 2.05) is 27.7 Å². The van der Waals surface area contributed by atoms with E-state index >= 15 is 0 Å². The topological polar surface area (TPSA) is 117 Å². The fourth-order valence-corrected chi connectivity index (χ4v) is 2.72. The van der Waals surface area contributed by atoms with Crippen LogP contribution in [0.15, 0.2) is 0 Å². The van der Waals surface area contributed by atoms with Crippen LogP contribution in [0.2, 0.25) is 0 Å². The van der Waals surface area contributed by atoms with Crippen LogP contribution in [0.1, 0.15) is 54.9 Å². The van der Waals surface area contributed by atoms with Gasteiger partial charge in [0.05, 0.1) is 12.6 Å². The Kier molecular flexibility index (Phi) is 7.95. The maximum atomic E-state index is 12.5. The molecule has 8 nitrogen and oxygen atoms in total. The number of amides is 3. The molecule has 4 atom stereocenters. The summed E-state index contributed by atoms with van der Waals surface area (Å²) in [6.07, 6.45) is 0.461. The van der Waals surface area contributed by atoms with Gasteiger partial charge in [-0.3, -0.25) is 19.2 Å². The first-order valence-corrected chi connectivity index (χ1v) is 9.43. The molecule has 0 radical (unpaired) electrons. The third kappa shape index (κ3) is 6.93. The Hall–Kier alpha value is -1.96. The van der Waals surface area contributed by atoms with Crippen molar-refractivity contribution >= 4 is 23.5 Å². The highest BCUT2D eigenvalue weighted by Gasteiger charge is 2.50. The van der Waals surface area contributed by atoms with E-state index in [1.54, 1.807) is 13.8 Å². The maximum absolute atomic E-state index is 12.5. The van der Waals surface area contributed by atoms with Gasteiger partial charge in [-0.15, -0.1) is 0 Å². The van der Waals surface area contributed by atoms with Gasteiger partial charge in [-0.25, -0.2) is 0 Å². The number of nitrogens with one attached hydrogen (secondary N) is 3. The van der Waals surface area contributed by atoms with E-state index in [0.717, 1.165) is 0 Å². The van der Waals surface area contributed by atoms with Gasteiger partial charge < -0.3 is 20.7 Å². The van der Waals surface area contributed by atoms with Crippen molar-refractivity contribution in [1.82, 2.24) is 16.0 Å². The van der Waals surface area contributed by atoms with Crippen LogP contribution in [0.25, 0.3) is 0 Å². The van der Waals surface area contributed by atoms with Crippen molar-refractivity contribution in [2.45, 2.75) is 78.6 Å². The van der Waals surface area contributed by atoms with Crippen LogP contribution in [0.4, 0.5) is 0 Å². The lowest BCUT2D eigenvalue weighted by atomic mass is 9.92. The predicted octanol–water partition coefficient (Wildman–Crippen LogP) is 0.541. The van der Waals surface area contributed by atoms with Gasteiger partial charge in [-0.2, -0.15) is 0 Å². The fourth-order valence-electron chi connectivity index (χ4n) is 2.72. The second kappa shape index (κ2) is 9.30. The molecule has 1 rings (SSSR count). The molecule has 0 saturated carbocycles. The molecule has 0 aromatic carbocycles. The van der Waals surface area contributed by atoms with Crippen LogP contribution in [-0.2, 0) is 23.9 Å². The lowest BCUT2D eigenvalue weighted by Gasteiger charge is -2.26. The van der Waals surface area contributed by atoms with Crippen LogP contribution in [0.5, 0.6) is 0 Å². The summed E-state index contributed by atoms with van der Waals surface area (Å²) in [7, 11) is 0. The SMILES string of the molecule is CC(=O)NC(CC(C)C)C(=O)NC(C)C(=O)NC(C(=O)C1(C)CO1)C(C)C. The van der Waals surface area contributed by atoms with Crippen molar-refractivity contribution in [3.8, 4) is 0 Å². The molecule has 1 fully saturated rings. The molecule has 0 aliphatic carbocycles. The van der Waals surface area contributed by atoms with Crippen molar-refractivity contribution in [2.75, 3.05) is 6.61 Å². The highest BCUT2D eigenvalue weighted by molar-refractivity contribution is 5.98. The summed E-state index contributed by atoms with van der Waals surface area (Å²) < 4.78 is 5.19. The van der Waals surface area contributed by atoms with E-state index in [1.165, 1.54) is 6.92 Å². The Balaban J connectivity index is 2.71. The molecule has 8 heteroatoms. The van der Waals surface area contributed by atoms with Crippen LogP contribution in [-0.4, -0.2) is 53.8 Å². The van der Waals surface area contributed by atoms with Crippen LogP contribution in [0.3, 0.4) is 0 Å². The second-order valence-corrected chi connectivity index (χ2v) is 8.23. The minimum atomic E-state index is -0.845. The number of hydrogen-bond acceptors (Lipinski definition) is 5. The Morgan fingerprint density at radius 2 is 1.52 bits per heavy atom. The standard InChI is InChI=1S/C19H33N3O5/c1-10(2)8-14(21-13(6)23)18(26)20-12(5)17(25)22-15(11(3)4)16(24)19(7)9-27-19/h10-12,14-15H,8-9H2,1-7H3,(H,20,26)(H,21,23)(H,22,25). The predicted molar refractivity (Wildman–Crippen MR) is 101 cm³/mol. The molecule has 1 aliphatic rings. The summed E-state index contributed by atoms with van der Waals surface area (Å²) in [6.45, 7) is 12.5. The summed E-state index contributed by atoms with van der Waals surface area (Å²) in [5.74, 6) is -1.27. The van der Waals surface area contributed by atoms with E-state index < -0.39 is 35.5 Å². The minimum absolute atomic E-state index is 0.113. The molecule has 154 valence electrons. The van der Waals surface area contributed by atoms with Crippen molar-refractivity contribution < 1.29 is 23.9 Å². The number of Topliss-reactive ketones (excluding diaryl/α,β-unsaturated/α-hetero) is 1. The van der Waals surface area contributed by atoms with E-state index in [-0.39, 0.29) is 23.5 Å². The van der Waals surface area contributed by atoms with E-state index in [4.69, 9.17) is 4.74 Å². The molecule has 1 saturated heterocycles. The lowest BCUT2D eigenvalue weighted by Crippen LogP contribution is -2.56. The second-order valence-electron chi connectivity index (χ2n) is 8.23. The van der Waals surface area contributed by atoms with Gasteiger partial charge in [0.25, 0.3) is 0 Å². The Morgan fingerprint density at radius 1 is 0.963 bits per heavy atom. The van der Waals surface area contributed by atoms with Gasteiger partial charge in [0, 0.05) is 6.92 Å². The van der Waals surface area contributed by atoms with Crippen LogP contribution in [0, 0.1) is 11.8 Å². The normalized spacial score (nSPS) is 22.0. The van der Waals surface area contributed by atoms with Crippen molar-refractivity contribution in [3.05, 3.63) is 0 Å². The molecule has 0 aromatic heterocycles. The van der Waals surface area contributed by atoms with Gasteiger partial charge in [-0.05, 0) is 32.1 Å². The monoisotopic (exact) mass is 383 g/mol. The van der Waals surface area contributed by atoms with E-state index in [0.29, 0.717) is 13.0 Å². The number of epoxide rings is 1. The third-order valence-electron chi connectivity index (χ3n) is 4.50. The molecule has 1 heterocycles. The summed E-state index contributed by atoms with van der Waals surface area (Å²) in [5.41, 5.74) is -0.831. The van der Waals surface area contributed by atoms with Gasteiger partial charge in [-0.1, -0.05) is 27.7 Å². The maximum Gasteiger partial charge on any atom is 0.243 e. The molecule has 4 unspecified atom stereocenters. The Bertz CT molecular complexity index is 584. The number of carbonyl (C=O) groups is 4. The number of hydrogen-bond donors (Lipinski definition) is 3. The van der Waals surface area contributed by atoms with Gasteiger partial charge in [0.2, 0.25) is 17.7 Å². The highest BCUT2D eigenvalue weighted by atomic mass is 16.6. The van der Waals surface area contributed by atoms with Gasteiger partial charge in [0.1, 0.15) is 17.7 Å². The number of rotatable bonds is 10. The van der Waals surface area contributed by atoms with Crippen molar-refractivity contribution in [2.24, 2.45) is 11.8 Å². The fraction of sp³-hybridized carbons (Fsp3) is 0.789. The zero-order valence-corrected chi connectivity index (χ0v) is 17.3. The zero-order valence-electron chi connectivity index (χ0n) is 17.3. The zero-order chi connectivity index (χ0) is 20.9. The molecule has 0 bridgehead atoms. The van der Waals surface area contributed by atoms with Gasteiger partial charge in [0.15, 0.2) is 5.78 Å². The number of ether oxygens (including phenoxy) is 1. The van der Waals surface area contributed by atoms with Crippen LogP contribution >= 0.6 is 0 Å². The van der Waals surface area contributed by atoms with E-state index in [9.17, 15) is 19.2 Å². The van der Waals surface area contributed by atoms with Crippen molar-refractivity contribution in [3.63, 3.8) is 0 Å². The number of ketones is 1. The molecular formula is C19H33N3O5. The average molecular weight is 383 g/mol. The molecule has 3 amide bonds. The molecule has 0 aromatic rings. The van der Waals surface area contributed by atoms with Gasteiger partial charge >= 0.3 is 0 Å². The molecule has 27 heavy (non-hydrogen) atoms. The molecule has 3 N–H and O–H groups in total. The quantitative estimate of drug-likeness (QED) is 0.476. The summed E-state index contributed by atoms with van der Waals surface area (Å²) >= 11 is 0. The summed E-state index contributed by atoms with van der Waals surface area (Å²) in [4.78, 5) is 48.8. The molecular weight excluding hydrogens is 350 g/mol. The molecule has 0 spiro atoms. The molecule has 1 aliphatic heterocycles. The largest absolute Gasteiger partial charge is 0.361 e. The first-order chi connectivity index (χ1) is 12.4. The first-order valence-electron chi connectivity index (χ1n) is 9.43. The first kappa shape index (κ1) is 23.1. The third-order valence-corrected chi connectivity index (χ3v) is 4.50. The summed E-state index contributed by atoms with van der Waals surface area (Å²) in [5, 5.41) is 7.94. The van der Waals surface area contributed by atoms with Crippen LogP contribution < -0.4 is 16.0 Å². The summed E-state index contributed by atoms with van der Waals surface area (Å²) in [6, 6.07) is -2.24. The number of carbonyl (C=O) groups excluding carboxylic acids is 4. The smallest absolute Gasteiger partial charge is 0.243 e. The highest BCUT2D eigenvalue weighted by Crippen LogP contribution is 2.29. The van der Waals surface area contributed by atoms with E-state index in [2.05, 4.69) is 16.0 Å². The Labute approximate surface area is 161 Å².